The number of pyridine rings is 2. The third-order valence-corrected chi connectivity index (χ3v) is 7.64. The van der Waals surface area contributed by atoms with Crippen LogP contribution < -0.4 is 0 Å². The van der Waals surface area contributed by atoms with Crippen LogP contribution in [0.25, 0.3) is 0 Å². The molecule has 4 rings (SSSR count). The Hall–Kier alpha value is -2.58. The normalized spacial score (nSPS) is 25.4. The summed E-state index contributed by atoms with van der Waals surface area (Å²) in [6.45, 7) is 4.73. The average molecular weight is 413 g/mol. The molecule has 8 heteroatoms. The van der Waals surface area contributed by atoms with Gasteiger partial charge in [0.2, 0.25) is 15.9 Å². The van der Waals surface area contributed by atoms with Crippen LogP contribution in [-0.4, -0.2) is 52.1 Å². The summed E-state index contributed by atoms with van der Waals surface area (Å²) in [6.07, 6.45) is 8.38. The highest BCUT2D eigenvalue weighted by Gasteiger charge is 2.49. The van der Waals surface area contributed by atoms with Crippen molar-refractivity contribution in [2.75, 3.05) is 6.54 Å². The first-order valence-electron chi connectivity index (χ1n) is 9.77. The van der Waals surface area contributed by atoms with E-state index in [9.17, 15) is 13.2 Å². The lowest BCUT2D eigenvalue weighted by molar-refractivity contribution is -0.135. The molecule has 0 saturated carbocycles. The molecule has 2 fully saturated rings. The van der Waals surface area contributed by atoms with Gasteiger partial charge in [-0.3, -0.25) is 14.8 Å². The lowest BCUT2D eigenvalue weighted by atomic mass is 9.90. The predicted octanol–water partition coefficient (Wildman–Crippen LogP) is 2.23. The number of aromatic nitrogens is 2. The van der Waals surface area contributed by atoms with Crippen LogP contribution in [0.15, 0.2) is 66.5 Å². The standard InChI is InChI=1S/C21H24N4O3S/c1-2-16-14-24(15-17-7-3-4-12-23-17)21(26)20-10-5-9-19(16)25(20)29(27,28)18-8-6-11-22-13-18/h2-4,6-8,11-13,16,19-20H,1,5,9-10,14-15H2/t16-,19-,20?/m0/s1. The Morgan fingerprint density at radius 3 is 2.72 bits per heavy atom. The first kappa shape index (κ1) is 19.7. The zero-order valence-electron chi connectivity index (χ0n) is 16.1. The van der Waals surface area contributed by atoms with Crippen molar-refractivity contribution < 1.29 is 13.2 Å². The predicted molar refractivity (Wildman–Crippen MR) is 108 cm³/mol. The van der Waals surface area contributed by atoms with Gasteiger partial charge in [-0.2, -0.15) is 4.31 Å². The van der Waals surface area contributed by atoms with Crippen molar-refractivity contribution in [1.29, 1.82) is 0 Å². The molecule has 2 aliphatic rings. The Balaban J connectivity index is 1.74. The molecular formula is C21H24N4O3S. The molecule has 2 aromatic heterocycles. The van der Waals surface area contributed by atoms with Gasteiger partial charge in [-0.1, -0.05) is 12.1 Å². The van der Waals surface area contributed by atoms with E-state index in [1.165, 1.54) is 22.8 Å². The molecule has 0 aliphatic carbocycles. The van der Waals surface area contributed by atoms with Crippen molar-refractivity contribution in [1.82, 2.24) is 19.2 Å². The van der Waals surface area contributed by atoms with E-state index in [2.05, 4.69) is 16.5 Å². The van der Waals surface area contributed by atoms with Crippen molar-refractivity contribution in [2.45, 2.75) is 42.8 Å². The molecule has 2 saturated heterocycles. The van der Waals surface area contributed by atoms with Crippen LogP contribution in [0, 0.1) is 5.92 Å². The molecule has 2 aromatic rings. The monoisotopic (exact) mass is 412 g/mol. The third-order valence-electron chi connectivity index (χ3n) is 5.73. The number of fused-ring (bicyclic) bond motifs is 2. The number of hydrogen-bond acceptors (Lipinski definition) is 5. The molecule has 2 aliphatic heterocycles. The molecule has 3 atom stereocenters. The zero-order chi connectivity index (χ0) is 20.4. The summed E-state index contributed by atoms with van der Waals surface area (Å²) in [5.74, 6) is -0.323. The second kappa shape index (κ2) is 8.04. The summed E-state index contributed by atoms with van der Waals surface area (Å²) in [4.78, 5) is 23.6. The van der Waals surface area contributed by atoms with Crippen molar-refractivity contribution in [3.05, 3.63) is 67.3 Å². The minimum Gasteiger partial charge on any atom is -0.335 e. The van der Waals surface area contributed by atoms with Gasteiger partial charge in [0.25, 0.3) is 0 Å². The molecule has 152 valence electrons. The van der Waals surface area contributed by atoms with Gasteiger partial charge in [-0.05, 0) is 43.5 Å². The molecule has 7 nitrogen and oxygen atoms in total. The van der Waals surface area contributed by atoms with Crippen LogP contribution in [0.3, 0.4) is 0 Å². The van der Waals surface area contributed by atoms with E-state index in [1.807, 2.05) is 18.2 Å². The van der Waals surface area contributed by atoms with Gasteiger partial charge in [0.15, 0.2) is 0 Å². The third kappa shape index (κ3) is 3.70. The molecule has 0 aromatic carbocycles. The maximum atomic E-state index is 13.5. The molecule has 0 radical (unpaired) electrons. The van der Waals surface area contributed by atoms with E-state index in [4.69, 9.17) is 0 Å². The van der Waals surface area contributed by atoms with Gasteiger partial charge in [-0.15, -0.1) is 6.58 Å². The fraction of sp³-hybridized carbons (Fsp3) is 0.381. The van der Waals surface area contributed by atoms with Crippen LogP contribution in [0.4, 0.5) is 0 Å². The maximum absolute atomic E-state index is 13.5. The molecule has 1 unspecified atom stereocenters. The van der Waals surface area contributed by atoms with E-state index in [1.54, 1.807) is 23.2 Å². The second-order valence-electron chi connectivity index (χ2n) is 7.48. The Labute approximate surface area is 171 Å². The van der Waals surface area contributed by atoms with Crippen molar-refractivity contribution >= 4 is 15.9 Å². The molecule has 0 spiro atoms. The Morgan fingerprint density at radius 2 is 2.03 bits per heavy atom. The molecule has 29 heavy (non-hydrogen) atoms. The average Bonchev–Trinajstić information content (AvgIpc) is 2.82. The summed E-state index contributed by atoms with van der Waals surface area (Å²) in [6, 6.07) is 7.70. The van der Waals surface area contributed by atoms with Crippen LogP contribution in [-0.2, 0) is 21.4 Å². The van der Waals surface area contributed by atoms with Gasteiger partial charge in [-0.25, -0.2) is 8.42 Å². The van der Waals surface area contributed by atoms with E-state index >= 15 is 0 Å². The topological polar surface area (TPSA) is 83.5 Å². The van der Waals surface area contributed by atoms with E-state index in [0.29, 0.717) is 25.9 Å². The first-order chi connectivity index (χ1) is 14.0. The number of nitrogens with zero attached hydrogens (tertiary/aromatic N) is 4. The van der Waals surface area contributed by atoms with Crippen LogP contribution >= 0.6 is 0 Å². The number of carbonyl (C=O) groups excluding carboxylic acids is 1. The van der Waals surface area contributed by atoms with Crippen molar-refractivity contribution in [2.24, 2.45) is 5.92 Å². The van der Waals surface area contributed by atoms with Crippen LogP contribution in [0.2, 0.25) is 0 Å². The number of amides is 1. The van der Waals surface area contributed by atoms with Gasteiger partial charge in [0.05, 0.1) is 12.2 Å². The smallest absolute Gasteiger partial charge is 0.245 e. The Morgan fingerprint density at radius 1 is 1.17 bits per heavy atom. The van der Waals surface area contributed by atoms with Crippen LogP contribution in [0.5, 0.6) is 0 Å². The highest BCUT2D eigenvalue weighted by atomic mass is 32.2. The quantitative estimate of drug-likeness (QED) is 0.704. The molecule has 4 heterocycles. The minimum atomic E-state index is -3.86. The number of rotatable bonds is 5. The number of sulfonamides is 1. The summed E-state index contributed by atoms with van der Waals surface area (Å²) < 4.78 is 28.4. The van der Waals surface area contributed by atoms with Gasteiger partial charge < -0.3 is 4.90 Å². The molecule has 1 amide bonds. The summed E-state index contributed by atoms with van der Waals surface area (Å²) in [7, 11) is -3.86. The minimum absolute atomic E-state index is 0.116. The zero-order valence-corrected chi connectivity index (χ0v) is 16.9. The Bertz CT molecular complexity index is 982. The van der Waals surface area contributed by atoms with Gasteiger partial charge >= 0.3 is 0 Å². The SMILES string of the molecule is C=C[C@H]1CN(Cc2ccccn2)C(=O)C2CCC[C@@H]1N2S(=O)(=O)c1cccnc1. The van der Waals surface area contributed by atoms with Gasteiger partial charge in [0.1, 0.15) is 10.9 Å². The molecular weight excluding hydrogens is 388 g/mol. The highest BCUT2D eigenvalue weighted by molar-refractivity contribution is 7.89. The van der Waals surface area contributed by atoms with E-state index < -0.39 is 16.1 Å². The van der Waals surface area contributed by atoms with Crippen molar-refractivity contribution in [3.63, 3.8) is 0 Å². The lowest BCUT2D eigenvalue weighted by Gasteiger charge is -2.40. The molecule has 0 N–H and O–H groups in total. The fourth-order valence-electron chi connectivity index (χ4n) is 4.35. The number of hydrogen-bond donors (Lipinski definition) is 0. The first-order valence-corrected chi connectivity index (χ1v) is 11.2. The number of carbonyl (C=O) groups is 1. The second-order valence-corrected chi connectivity index (χ2v) is 9.32. The summed E-state index contributed by atoms with van der Waals surface area (Å²) >= 11 is 0. The van der Waals surface area contributed by atoms with E-state index in [0.717, 1.165) is 12.1 Å². The summed E-state index contributed by atoms with van der Waals surface area (Å²) in [5, 5.41) is 0. The lowest BCUT2D eigenvalue weighted by Crippen LogP contribution is -2.54. The molecule has 2 bridgehead atoms. The van der Waals surface area contributed by atoms with E-state index in [-0.39, 0.29) is 22.8 Å². The highest BCUT2D eigenvalue weighted by Crippen LogP contribution is 2.37. The number of piperidine rings is 1. The van der Waals surface area contributed by atoms with Crippen LogP contribution in [0.1, 0.15) is 25.0 Å². The fourth-order valence-corrected chi connectivity index (χ4v) is 6.18. The largest absolute Gasteiger partial charge is 0.335 e. The van der Waals surface area contributed by atoms with Crippen molar-refractivity contribution in [3.8, 4) is 0 Å². The summed E-state index contributed by atoms with van der Waals surface area (Å²) in [5.41, 5.74) is 0.779. The van der Waals surface area contributed by atoms with Gasteiger partial charge in [0, 0.05) is 37.1 Å². The maximum Gasteiger partial charge on any atom is 0.245 e. The Kier molecular flexibility index (Phi) is 5.47.